The molecule has 4 atom stereocenters. The molecule has 250 valence electrons. The maximum atomic E-state index is 13.4. The normalized spacial score (nSPS) is 16.4. The van der Waals surface area contributed by atoms with Crippen LogP contribution in [0.4, 0.5) is 0 Å². The maximum Gasteiger partial charge on any atom is 0.255 e. The number of hydrogen-bond acceptors (Lipinski definition) is 8. The van der Waals surface area contributed by atoms with Crippen molar-refractivity contribution in [2.45, 2.75) is 65.5 Å². The van der Waals surface area contributed by atoms with Gasteiger partial charge in [0.05, 0.1) is 38.0 Å². The zero-order chi connectivity index (χ0) is 32.6. The Morgan fingerprint density at radius 1 is 1.05 bits per heavy atom. The van der Waals surface area contributed by atoms with Gasteiger partial charge in [-0.25, -0.2) is 0 Å². The van der Waals surface area contributed by atoms with Crippen molar-refractivity contribution in [3.05, 3.63) is 29.8 Å². The van der Waals surface area contributed by atoms with Crippen LogP contribution in [0, 0.1) is 23.7 Å². The van der Waals surface area contributed by atoms with E-state index in [0.717, 1.165) is 12.8 Å². The second kappa shape index (κ2) is 19.6. The van der Waals surface area contributed by atoms with Gasteiger partial charge in [-0.1, -0.05) is 39.8 Å². The Balaban J connectivity index is 1.93. The van der Waals surface area contributed by atoms with Crippen LogP contribution < -0.4 is 15.8 Å². The van der Waals surface area contributed by atoms with E-state index in [1.807, 2.05) is 19.9 Å². The summed E-state index contributed by atoms with van der Waals surface area (Å²) in [6.45, 7) is 11.6. The van der Waals surface area contributed by atoms with E-state index < -0.39 is 18.1 Å². The van der Waals surface area contributed by atoms with Crippen molar-refractivity contribution in [3.63, 3.8) is 0 Å². The molecule has 0 aromatic heterocycles. The first kappa shape index (κ1) is 37.5. The number of morpholine rings is 1. The number of hydrogen-bond donors (Lipinski definition) is 3. The van der Waals surface area contributed by atoms with E-state index in [1.54, 1.807) is 37.3 Å². The Hall–Kier alpha value is -2.73. The summed E-state index contributed by atoms with van der Waals surface area (Å²) in [5.41, 5.74) is 6.97. The zero-order valence-electron chi connectivity index (χ0n) is 27.6. The van der Waals surface area contributed by atoms with Crippen LogP contribution in [0.1, 0.15) is 63.7 Å². The molecule has 1 heterocycles. The van der Waals surface area contributed by atoms with E-state index in [-0.39, 0.29) is 48.4 Å². The number of likely N-dealkylation sites (N-methyl/N-ethyl adjacent to an activating group) is 1. The summed E-state index contributed by atoms with van der Waals surface area (Å²) in [7, 11) is 3.30. The van der Waals surface area contributed by atoms with Crippen LogP contribution in [0.5, 0.6) is 5.75 Å². The van der Waals surface area contributed by atoms with Crippen molar-refractivity contribution in [2.75, 3.05) is 66.8 Å². The Morgan fingerprint density at radius 2 is 1.70 bits per heavy atom. The van der Waals surface area contributed by atoms with Gasteiger partial charge in [0.25, 0.3) is 5.91 Å². The predicted molar refractivity (Wildman–Crippen MR) is 170 cm³/mol. The number of aliphatic hydroxyl groups is 1. The lowest BCUT2D eigenvalue weighted by atomic mass is 9.83. The van der Waals surface area contributed by atoms with Gasteiger partial charge in [0, 0.05) is 52.4 Å². The number of amides is 3. The van der Waals surface area contributed by atoms with E-state index in [2.05, 4.69) is 19.2 Å². The lowest BCUT2D eigenvalue weighted by Crippen LogP contribution is -2.48. The molecule has 3 amide bonds. The molecule has 4 unspecified atom stereocenters. The van der Waals surface area contributed by atoms with E-state index in [1.165, 1.54) is 4.90 Å². The van der Waals surface area contributed by atoms with E-state index in [9.17, 15) is 19.5 Å². The average Bonchev–Trinajstić information content (AvgIpc) is 3.01. The van der Waals surface area contributed by atoms with Crippen molar-refractivity contribution in [3.8, 4) is 5.75 Å². The van der Waals surface area contributed by atoms with Crippen molar-refractivity contribution in [2.24, 2.45) is 29.4 Å². The summed E-state index contributed by atoms with van der Waals surface area (Å²) in [6.07, 6.45) is 1.45. The minimum atomic E-state index is -0.918. The van der Waals surface area contributed by atoms with Crippen LogP contribution in [-0.4, -0.2) is 112 Å². The molecule has 0 saturated carbocycles. The van der Waals surface area contributed by atoms with Crippen molar-refractivity contribution in [1.29, 1.82) is 0 Å². The number of carbonyl (C=O) groups excluding carboxylic acids is 3. The standard InChI is InChI=1S/C33H56N4O7/c1-23(2)25(21-35-32(40)26-11-7-8-12-30(26)44-16-10-9-15-42-6)19-28(34)29(38)20-27(24(3)4)33(41)36(5)22-31(39)37-13-17-43-18-14-37/h7-8,11-12,23-25,27-29,38H,9-10,13-22,34H2,1-6H3,(H,35,40). The summed E-state index contributed by atoms with van der Waals surface area (Å²) in [5, 5.41) is 14.1. The van der Waals surface area contributed by atoms with Crippen molar-refractivity contribution >= 4 is 17.7 Å². The maximum absolute atomic E-state index is 13.4. The number of carbonyl (C=O) groups is 3. The van der Waals surface area contributed by atoms with E-state index in [4.69, 9.17) is 19.9 Å². The molecule has 2 rings (SSSR count). The van der Waals surface area contributed by atoms with E-state index in [0.29, 0.717) is 63.8 Å². The lowest BCUT2D eigenvalue weighted by molar-refractivity contribution is -0.145. The molecular weight excluding hydrogens is 564 g/mol. The molecule has 44 heavy (non-hydrogen) atoms. The molecule has 1 saturated heterocycles. The largest absolute Gasteiger partial charge is 0.493 e. The molecule has 0 spiro atoms. The summed E-state index contributed by atoms with van der Waals surface area (Å²) in [5.74, 6) is -0.306. The van der Waals surface area contributed by atoms with Crippen LogP contribution in [-0.2, 0) is 19.1 Å². The number of rotatable bonds is 19. The number of nitrogens with one attached hydrogen (secondary N) is 1. The fraction of sp³-hybridized carbons (Fsp3) is 0.727. The topological polar surface area (TPSA) is 144 Å². The summed E-state index contributed by atoms with van der Waals surface area (Å²) >= 11 is 0. The number of nitrogens with two attached hydrogens (primary N) is 1. The van der Waals surface area contributed by atoms with Gasteiger partial charge in [-0.3, -0.25) is 14.4 Å². The van der Waals surface area contributed by atoms with Gasteiger partial charge in [-0.05, 0) is 55.6 Å². The SMILES string of the molecule is COCCCCOc1ccccc1C(=O)NCC(CC(N)C(O)CC(C(=O)N(C)CC(=O)N1CCOCC1)C(C)C)C(C)C. The third kappa shape index (κ3) is 12.3. The second-order valence-electron chi connectivity index (χ2n) is 12.5. The average molecular weight is 621 g/mol. The molecule has 1 aromatic rings. The third-order valence-corrected chi connectivity index (χ3v) is 8.40. The molecule has 11 heteroatoms. The van der Waals surface area contributed by atoms with Gasteiger partial charge in [-0.2, -0.15) is 0 Å². The number of unbranched alkanes of at least 4 members (excludes halogenated alkanes) is 1. The highest BCUT2D eigenvalue weighted by Gasteiger charge is 2.32. The molecular formula is C33H56N4O7. The highest BCUT2D eigenvalue weighted by atomic mass is 16.5. The monoisotopic (exact) mass is 620 g/mol. The fourth-order valence-electron chi connectivity index (χ4n) is 5.30. The van der Waals surface area contributed by atoms with Gasteiger partial charge >= 0.3 is 0 Å². The quantitative estimate of drug-likeness (QED) is 0.200. The van der Waals surface area contributed by atoms with Crippen LogP contribution in [0.15, 0.2) is 24.3 Å². The van der Waals surface area contributed by atoms with Crippen LogP contribution in [0.25, 0.3) is 0 Å². The third-order valence-electron chi connectivity index (χ3n) is 8.40. The molecule has 0 radical (unpaired) electrons. The first-order chi connectivity index (χ1) is 21.0. The smallest absolute Gasteiger partial charge is 0.255 e. The Kier molecular flexibility index (Phi) is 16.7. The number of aliphatic hydroxyl groups excluding tert-OH is 1. The van der Waals surface area contributed by atoms with Crippen molar-refractivity contribution < 1.29 is 33.7 Å². The van der Waals surface area contributed by atoms with Gasteiger partial charge in [0.1, 0.15) is 5.75 Å². The zero-order valence-corrected chi connectivity index (χ0v) is 27.6. The number of benzene rings is 1. The molecule has 4 N–H and O–H groups in total. The van der Waals surface area contributed by atoms with Gasteiger partial charge in [0.15, 0.2) is 0 Å². The molecule has 1 aliphatic heterocycles. The fourth-order valence-corrected chi connectivity index (χ4v) is 5.30. The highest BCUT2D eigenvalue weighted by molar-refractivity contribution is 5.96. The second-order valence-corrected chi connectivity index (χ2v) is 12.5. The minimum Gasteiger partial charge on any atom is -0.493 e. The minimum absolute atomic E-state index is 0.00717. The first-order valence-corrected chi connectivity index (χ1v) is 16.0. The summed E-state index contributed by atoms with van der Waals surface area (Å²) < 4.78 is 16.3. The van der Waals surface area contributed by atoms with Crippen LogP contribution >= 0.6 is 0 Å². The first-order valence-electron chi connectivity index (χ1n) is 16.0. The Bertz CT molecular complexity index is 1020. The summed E-state index contributed by atoms with van der Waals surface area (Å²) in [6, 6.07) is 6.60. The number of ether oxygens (including phenoxy) is 3. The lowest BCUT2D eigenvalue weighted by Gasteiger charge is -2.32. The highest BCUT2D eigenvalue weighted by Crippen LogP contribution is 2.25. The molecule has 1 fully saturated rings. The van der Waals surface area contributed by atoms with Gasteiger partial charge < -0.3 is 40.2 Å². The molecule has 1 aliphatic rings. The number of methoxy groups -OCH3 is 1. The van der Waals surface area contributed by atoms with Crippen LogP contribution in [0.2, 0.25) is 0 Å². The molecule has 11 nitrogen and oxygen atoms in total. The molecule has 1 aromatic carbocycles. The number of para-hydroxylation sites is 1. The predicted octanol–water partition coefficient (Wildman–Crippen LogP) is 2.55. The van der Waals surface area contributed by atoms with Gasteiger partial charge in [-0.15, -0.1) is 0 Å². The van der Waals surface area contributed by atoms with Crippen LogP contribution in [0.3, 0.4) is 0 Å². The number of nitrogens with zero attached hydrogens (tertiary/aromatic N) is 2. The van der Waals surface area contributed by atoms with Crippen molar-refractivity contribution in [1.82, 2.24) is 15.1 Å². The Morgan fingerprint density at radius 3 is 2.34 bits per heavy atom. The molecule has 0 aliphatic carbocycles. The van der Waals surface area contributed by atoms with E-state index >= 15 is 0 Å². The molecule has 0 bridgehead atoms. The van der Waals surface area contributed by atoms with Gasteiger partial charge in [0.2, 0.25) is 11.8 Å². The summed E-state index contributed by atoms with van der Waals surface area (Å²) in [4.78, 5) is 42.3. The Labute approximate surface area is 263 Å².